The summed E-state index contributed by atoms with van der Waals surface area (Å²) in [4.78, 5) is 28.2. The number of alkyl halides is 3. The molecule has 2 aromatic carbocycles. The predicted molar refractivity (Wildman–Crippen MR) is 158 cm³/mol. The number of hydrogen-bond acceptors (Lipinski definition) is 7. The third kappa shape index (κ3) is 6.42. The molecule has 0 spiro atoms. The van der Waals surface area contributed by atoms with Crippen LogP contribution in [-0.4, -0.2) is 62.7 Å². The molecule has 1 aliphatic heterocycles. The van der Waals surface area contributed by atoms with Crippen molar-refractivity contribution in [1.29, 1.82) is 5.26 Å². The van der Waals surface area contributed by atoms with Gasteiger partial charge in [-0.1, -0.05) is 12.1 Å². The van der Waals surface area contributed by atoms with Crippen LogP contribution in [0, 0.1) is 11.3 Å². The highest BCUT2D eigenvalue weighted by Crippen LogP contribution is 2.43. The highest BCUT2D eigenvalue weighted by molar-refractivity contribution is 5.93. The number of aromatic nitrogens is 5. The number of allylic oxidation sites excluding steroid dienone is 1. The topological polar surface area (TPSA) is 122 Å². The fraction of sp³-hybridized carbons (Fsp3) is 0.323. The standard InChI is InChI=1S/C31H31F3N8O3.ClH/c1-19-26(28(43)45-5)27(41-29(37-38-30(41)44)40(19)23-8-6-7-22(16-23)31(32,33)34)25-10-9-20(17-35)15-21(25)12-14-42(3,4)18-24-11-13-36-39(24)2;/h6-11,13,15-16,27H,12,14,18H2,1-5H3;1H/t27-;/m1./s1. The lowest BCUT2D eigenvalue weighted by Crippen LogP contribution is -3.00. The molecule has 0 fully saturated rings. The molecule has 1 atom stereocenters. The molecule has 0 amide bonds. The Balaban J connectivity index is 0.00000480. The summed E-state index contributed by atoms with van der Waals surface area (Å²) in [6, 6.07) is 12.6. The molecule has 0 radical (unpaired) electrons. The van der Waals surface area contributed by atoms with Crippen LogP contribution in [-0.2, 0) is 35.7 Å². The third-order valence-corrected chi connectivity index (χ3v) is 8.05. The molecule has 0 aliphatic carbocycles. The van der Waals surface area contributed by atoms with Crippen LogP contribution in [0.2, 0.25) is 0 Å². The quantitative estimate of drug-likeness (QED) is 0.224. The number of quaternary nitrogens is 1. The predicted octanol–water partition coefficient (Wildman–Crippen LogP) is 1.21. The van der Waals surface area contributed by atoms with Crippen LogP contribution in [0.4, 0.5) is 24.8 Å². The van der Waals surface area contributed by atoms with Crippen LogP contribution in [0.3, 0.4) is 0 Å². The Morgan fingerprint density at radius 2 is 1.91 bits per heavy atom. The van der Waals surface area contributed by atoms with Gasteiger partial charge in [0.05, 0.1) is 56.2 Å². The largest absolute Gasteiger partial charge is 1.00 e. The van der Waals surface area contributed by atoms with E-state index in [9.17, 15) is 28.0 Å². The van der Waals surface area contributed by atoms with Crippen molar-refractivity contribution >= 4 is 17.6 Å². The molecule has 1 N–H and O–H groups in total. The Morgan fingerprint density at radius 3 is 2.54 bits per heavy atom. The molecular weight excluding hydrogens is 625 g/mol. The average molecular weight is 657 g/mol. The normalized spacial score (nSPS) is 14.8. The van der Waals surface area contributed by atoms with E-state index in [-0.39, 0.29) is 35.3 Å². The van der Waals surface area contributed by atoms with E-state index in [4.69, 9.17) is 4.74 Å². The highest BCUT2D eigenvalue weighted by Gasteiger charge is 2.41. The number of esters is 1. The van der Waals surface area contributed by atoms with E-state index < -0.39 is 29.4 Å². The molecule has 4 aromatic rings. The van der Waals surface area contributed by atoms with Crippen molar-refractivity contribution in [2.45, 2.75) is 32.1 Å². The number of halogens is 4. The monoisotopic (exact) mass is 656 g/mol. The summed E-state index contributed by atoms with van der Waals surface area (Å²) in [6.45, 7) is 2.87. The van der Waals surface area contributed by atoms with Crippen molar-refractivity contribution in [1.82, 2.24) is 24.5 Å². The first-order valence-corrected chi connectivity index (χ1v) is 14.0. The zero-order valence-corrected chi connectivity index (χ0v) is 26.5. The number of methoxy groups -OCH3 is 1. The van der Waals surface area contributed by atoms with Gasteiger partial charge in [-0.05, 0) is 54.4 Å². The van der Waals surface area contributed by atoms with E-state index >= 15 is 0 Å². The molecule has 3 heterocycles. The fourth-order valence-corrected chi connectivity index (χ4v) is 5.73. The summed E-state index contributed by atoms with van der Waals surface area (Å²) in [5, 5.41) is 20.5. The number of anilines is 2. The number of ether oxygens (including phenoxy) is 1. The number of likely N-dealkylation sites (N-methyl/N-ethyl adjacent to an activating group) is 1. The second-order valence-electron chi connectivity index (χ2n) is 11.5. The van der Waals surface area contributed by atoms with Crippen molar-refractivity contribution in [3.63, 3.8) is 0 Å². The van der Waals surface area contributed by atoms with E-state index in [0.717, 1.165) is 23.4 Å². The summed E-state index contributed by atoms with van der Waals surface area (Å²) in [6.07, 6.45) is -2.42. The van der Waals surface area contributed by atoms with Crippen LogP contribution in [0.15, 0.2) is 70.8 Å². The molecule has 15 heteroatoms. The number of fused-ring (bicyclic) bond motifs is 1. The smallest absolute Gasteiger partial charge is 0.416 e. The molecule has 11 nitrogen and oxygen atoms in total. The number of aryl methyl sites for hydroxylation is 1. The second-order valence-corrected chi connectivity index (χ2v) is 11.5. The molecule has 5 rings (SSSR count). The van der Waals surface area contributed by atoms with Crippen LogP contribution in [0.5, 0.6) is 0 Å². The maximum absolute atomic E-state index is 13.7. The van der Waals surface area contributed by atoms with E-state index in [2.05, 4.69) is 35.5 Å². The van der Waals surface area contributed by atoms with Crippen molar-refractivity contribution in [2.24, 2.45) is 7.05 Å². The average Bonchev–Trinajstić information content (AvgIpc) is 3.58. The van der Waals surface area contributed by atoms with Gasteiger partial charge in [0.15, 0.2) is 0 Å². The number of nitriles is 1. The van der Waals surface area contributed by atoms with E-state index in [1.807, 2.05) is 17.8 Å². The minimum atomic E-state index is -4.62. The Morgan fingerprint density at radius 1 is 1.17 bits per heavy atom. The fourth-order valence-electron chi connectivity index (χ4n) is 5.73. The van der Waals surface area contributed by atoms with Gasteiger partial charge in [0.1, 0.15) is 12.6 Å². The summed E-state index contributed by atoms with van der Waals surface area (Å²) >= 11 is 0. The molecule has 0 unspecified atom stereocenters. The van der Waals surface area contributed by atoms with Crippen LogP contribution < -0.4 is 23.0 Å². The van der Waals surface area contributed by atoms with E-state index in [1.54, 1.807) is 31.3 Å². The molecule has 46 heavy (non-hydrogen) atoms. The van der Waals surface area contributed by atoms with Gasteiger partial charge in [-0.3, -0.25) is 9.58 Å². The maximum atomic E-state index is 13.7. The van der Waals surface area contributed by atoms with Crippen molar-refractivity contribution in [3.05, 3.63) is 104 Å². The summed E-state index contributed by atoms with van der Waals surface area (Å²) < 4.78 is 49.7. The van der Waals surface area contributed by atoms with E-state index in [0.29, 0.717) is 35.1 Å². The van der Waals surface area contributed by atoms with Crippen molar-refractivity contribution in [3.8, 4) is 6.07 Å². The number of benzene rings is 2. The minimum Gasteiger partial charge on any atom is -1.00 e. The molecule has 2 aromatic heterocycles. The second kappa shape index (κ2) is 12.9. The lowest BCUT2D eigenvalue weighted by Gasteiger charge is -2.36. The van der Waals surface area contributed by atoms with Gasteiger partial charge in [-0.2, -0.15) is 23.5 Å². The van der Waals surface area contributed by atoms with Crippen molar-refractivity contribution in [2.75, 3.05) is 32.6 Å². The Kier molecular flexibility index (Phi) is 9.51. The zero-order chi connectivity index (χ0) is 32.7. The Bertz CT molecular complexity index is 1900. The highest BCUT2D eigenvalue weighted by atomic mass is 35.5. The number of carbonyl (C=O) groups excluding carboxylic acids is 1. The van der Waals surface area contributed by atoms with Gasteiger partial charge in [-0.15, -0.1) is 5.10 Å². The van der Waals surface area contributed by atoms with Gasteiger partial charge in [-0.25, -0.2) is 19.3 Å². The summed E-state index contributed by atoms with van der Waals surface area (Å²) in [7, 11) is 7.20. The number of nitrogens with one attached hydrogen (secondary N) is 1. The number of H-pyrrole nitrogens is 1. The molecule has 1 aliphatic rings. The summed E-state index contributed by atoms with van der Waals surface area (Å²) in [5.41, 5.74) is 1.46. The SMILES string of the molecule is COC(=O)C1=C(C)N(c2cccc(C(F)(F)F)c2)c2n[nH]c(=O)n2[C@@H]1c1ccc(C#N)cc1CC[N+](C)(C)Cc1ccnn1C.[Cl-]. The van der Waals surface area contributed by atoms with Crippen LogP contribution in [0.25, 0.3) is 0 Å². The first-order valence-electron chi connectivity index (χ1n) is 14.0. The zero-order valence-electron chi connectivity index (χ0n) is 25.8. The number of nitrogens with zero attached hydrogens (tertiary/aromatic N) is 7. The van der Waals surface area contributed by atoms with Gasteiger partial charge >= 0.3 is 17.8 Å². The third-order valence-electron chi connectivity index (χ3n) is 8.05. The number of aromatic amines is 1. The summed E-state index contributed by atoms with van der Waals surface area (Å²) in [5.74, 6) is -0.770. The van der Waals surface area contributed by atoms with Crippen LogP contribution in [0.1, 0.15) is 40.9 Å². The maximum Gasteiger partial charge on any atom is 0.416 e. The molecule has 242 valence electrons. The molecule has 0 bridgehead atoms. The molecular formula is C31H32ClF3N8O3. The first-order chi connectivity index (χ1) is 21.3. The molecule has 0 saturated carbocycles. The van der Waals surface area contributed by atoms with Gasteiger partial charge in [0.2, 0.25) is 5.95 Å². The Hall–Kier alpha value is -4.87. The minimum absolute atomic E-state index is 0. The van der Waals surface area contributed by atoms with Crippen LogP contribution >= 0.6 is 0 Å². The van der Waals surface area contributed by atoms with Crippen molar-refractivity contribution < 1.29 is 39.6 Å². The lowest BCUT2D eigenvalue weighted by atomic mass is 9.89. The Labute approximate surface area is 269 Å². The number of carbonyl (C=O) groups is 1. The van der Waals surface area contributed by atoms with Gasteiger partial charge < -0.3 is 21.6 Å². The first kappa shape index (κ1) is 34.0. The van der Waals surface area contributed by atoms with E-state index in [1.165, 1.54) is 28.7 Å². The van der Waals surface area contributed by atoms with Gasteiger partial charge in [0, 0.05) is 31.0 Å². The number of hydrogen-bond donors (Lipinski definition) is 1. The number of rotatable bonds is 8. The van der Waals surface area contributed by atoms with Gasteiger partial charge in [0.25, 0.3) is 0 Å². The molecule has 0 saturated heterocycles. The lowest BCUT2D eigenvalue weighted by molar-refractivity contribution is -0.903.